The van der Waals surface area contributed by atoms with Gasteiger partial charge in [0.25, 0.3) is 0 Å². The molecule has 0 aromatic rings. The Labute approximate surface area is 104 Å². The van der Waals surface area contributed by atoms with Crippen LogP contribution in [0.1, 0.15) is 40.0 Å². The normalized spacial score (nSPS) is 34.6. The summed E-state index contributed by atoms with van der Waals surface area (Å²) in [5, 5.41) is 0. The molecule has 0 radical (unpaired) electrons. The van der Waals surface area contributed by atoms with Crippen molar-refractivity contribution in [1.82, 2.24) is 0 Å². The van der Waals surface area contributed by atoms with E-state index in [9.17, 15) is 4.79 Å². The Kier molecular flexibility index (Phi) is 4.95. The Hall–Kier alpha value is -0.610. The van der Waals surface area contributed by atoms with E-state index in [1.165, 1.54) is 7.11 Å². The van der Waals surface area contributed by atoms with Gasteiger partial charge in [-0.1, -0.05) is 13.8 Å². The van der Waals surface area contributed by atoms with Crippen molar-refractivity contribution in [1.29, 1.82) is 0 Å². The van der Waals surface area contributed by atoms with Gasteiger partial charge in [0.2, 0.25) is 0 Å². The molecule has 1 aliphatic rings. The van der Waals surface area contributed by atoms with E-state index >= 15 is 0 Å². The molecule has 4 heteroatoms. The summed E-state index contributed by atoms with van der Waals surface area (Å²) in [6.45, 7) is 6.09. The quantitative estimate of drug-likeness (QED) is 0.696. The third-order valence-corrected chi connectivity index (χ3v) is 3.83. The second kappa shape index (κ2) is 5.83. The molecule has 0 aromatic carbocycles. The van der Waals surface area contributed by atoms with Crippen molar-refractivity contribution in [2.24, 2.45) is 11.8 Å². The van der Waals surface area contributed by atoms with Gasteiger partial charge in [0.1, 0.15) is 0 Å². The van der Waals surface area contributed by atoms with Gasteiger partial charge in [0.05, 0.1) is 18.6 Å². The van der Waals surface area contributed by atoms with E-state index in [1.807, 2.05) is 13.8 Å². The predicted octanol–water partition coefficient (Wildman–Crippen LogP) is 2.36. The van der Waals surface area contributed by atoms with Crippen molar-refractivity contribution in [3.8, 4) is 0 Å². The van der Waals surface area contributed by atoms with E-state index in [-0.39, 0.29) is 18.2 Å². The SMILES string of the molecule is CC[C@@H]1C[C@@](C)([C@@H](CC)C(=O)OC)O[C@H]1OC. The van der Waals surface area contributed by atoms with Crippen LogP contribution in [-0.2, 0) is 19.0 Å². The summed E-state index contributed by atoms with van der Waals surface area (Å²) >= 11 is 0. The molecule has 0 saturated carbocycles. The molecular formula is C13H24O4. The van der Waals surface area contributed by atoms with Crippen molar-refractivity contribution in [3.05, 3.63) is 0 Å². The summed E-state index contributed by atoms with van der Waals surface area (Å²) in [6, 6.07) is 0. The number of carbonyl (C=O) groups is 1. The third kappa shape index (κ3) is 2.80. The number of hydrogen-bond donors (Lipinski definition) is 0. The highest BCUT2D eigenvalue weighted by Crippen LogP contribution is 2.43. The van der Waals surface area contributed by atoms with Crippen LogP contribution in [0.15, 0.2) is 0 Å². The Morgan fingerprint density at radius 2 is 2.12 bits per heavy atom. The summed E-state index contributed by atoms with van der Waals surface area (Å²) in [5.41, 5.74) is -0.469. The summed E-state index contributed by atoms with van der Waals surface area (Å²) in [7, 11) is 3.08. The van der Waals surface area contributed by atoms with Crippen molar-refractivity contribution in [2.45, 2.75) is 51.9 Å². The molecule has 4 atom stereocenters. The highest BCUT2D eigenvalue weighted by Gasteiger charge is 2.49. The first kappa shape index (κ1) is 14.5. The molecule has 0 aliphatic carbocycles. The highest BCUT2D eigenvalue weighted by molar-refractivity contribution is 5.73. The molecule has 0 unspecified atom stereocenters. The van der Waals surface area contributed by atoms with Crippen molar-refractivity contribution in [3.63, 3.8) is 0 Å². The fourth-order valence-electron chi connectivity index (χ4n) is 2.82. The zero-order valence-corrected chi connectivity index (χ0v) is 11.5. The highest BCUT2D eigenvalue weighted by atomic mass is 16.7. The predicted molar refractivity (Wildman–Crippen MR) is 64.5 cm³/mol. The molecule has 0 aromatic heterocycles. The first-order valence-corrected chi connectivity index (χ1v) is 6.30. The van der Waals surface area contributed by atoms with Gasteiger partial charge in [0, 0.05) is 13.0 Å². The summed E-state index contributed by atoms with van der Waals surface area (Å²) in [4.78, 5) is 11.8. The van der Waals surface area contributed by atoms with Crippen LogP contribution >= 0.6 is 0 Å². The second-order valence-corrected chi connectivity index (χ2v) is 4.89. The number of rotatable bonds is 5. The van der Waals surface area contributed by atoms with Crippen LogP contribution in [0.5, 0.6) is 0 Å². The van der Waals surface area contributed by atoms with E-state index in [0.29, 0.717) is 5.92 Å². The molecule has 1 saturated heterocycles. The average molecular weight is 244 g/mol. The summed E-state index contributed by atoms with van der Waals surface area (Å²) in [6.07, 6.45) is 2.35. The molecule has 100 valence electrons. The van der Waals surface area contributed by atoms with Crippen molar-refractivity contribution >= 4 is 5.97 Å². The standard InChI is InChI=1S/C13H24O4/c1-6-9-8-13(3,17-12(9)16-5)10(7-2)11(14)15-4/h9-10,12H,6-8H2,1-5H3/t9-,10+,12-,13+/m1/s1. The summed E-state index contributed by atoms with van der Waals surface area (Å²) in [5.74, 6) is -0.0630. The van der Waals surface area contributed by atoms with Crippen LogP contribution in [0.25, 0.3) is 0 Å². The Morgan fingerprint density at radius 3 is 2.47 bits per heavy atom. The molecule has 1 aliphatic heterocycles. The van der Waals surface area contributed by atoms with Crippen LogP contribution in [0.4, 0.5) is 0 Å². The second-order valence-electron chi connectivity index (χ2n) is 4.89. The number of esters is 1. The van der Waals surface area contributed by atoms with Crippen LogP contribution in [0, 0.1) is 11.8 Å². The van der Waals surface area contributed by atoms with Gasteiger partial charge in [-0.05, 0) is 26.2 Å². The molecular weight excluding hydrogens is 220 g/mol. The lowest BCUT2D eigenvalue weighted by Crippen LogP contribution is -2.40. The lowest BCUT2D eigenvalue weighted by Gasteiger charge is -2.31. The molecule has 1 heterocycles. The monoisotopic (exact) mass is 244 g/mol. The fraction of sp³-hybridized carbons (Fsp3) is 0.923. The molecule has 17 heavy (non-hydrogen) atoms. The largest absolute Gasteiger partial charge is 0.469 e. The van der Waals surface area contributed by atoms with E-state index < -0.39 is 5.60 Å². The lowest BCUT2D eigenvalue weighted by molar-refractivity contribution is -0.187. The average Bonchev–Trinajstić information content (AvgIpc) is 2.67. The number of hydrogen-bond acceptors (Lipinski definition) is 4. The van der Waals surface area contributed by atoms with Gasteiger partial charge in [-0.3, -0.25) is 4.79 Å². The van der Waals surface area contributed by atoms with Crippen LogP contribution in [0.3, 0.4) is 0 Å². The Morgan fingerprint density at radius 1 is 1.47 bits per heavy atom. The van der Waals surface area contributed by atoms with Crippen molar-refractivity contribution in [2.75, 3.05) is 14.2 Å². The van der Waals surface area contributed by atoms with Gasteiger partial charge in [0.15, 0.2) is 6.29 Å². The maximum atomic E-state index is 11.8. The van der Waals surface area contributed by atoms with Gasteiger partial charge < -0.3 is 14.2 Å². The minimum absolute atomic E-state index is 0.193. The number of carbonyl (C=O) groups excluding carboxylic acids is 1. The number of ether oxygens (including phenoxy) is 3. The molecule has 0 bridgehead atoms. The first-order valence-electron chi connectivity index (χ1n) is 6.30. The molecule has 0 spiro atoms. The molecule has 1 rings (SSSR count). The van der Waals surface area contributed by atoms with Gasteiger partial charge in [-0.15, -0.1) is 0 Å². The maximum absolute atomic E-state index is 11.8. The summed E-state index contributed by atoms with van der Waals surface area (Å²) < 4.78 is 16.2. The minimum Gasteiger partial charge on any atom is -0.469 e. The molecule has 1 fully saturated rings. The van der Waals surface area contributed by atoms with Gasteiger partial charge in [-0.2, -0.15) is 0 Å². The topological polar surface area (TPSA) is 44.8 Å². The van der Waals surface area contributed by atoms with E-state index in [0.717, 1.165) is 19.3 Å². The van der Waals surface area contributed by atoms with Crippen LogP contribution < -0.4 is 0 Å². The van der Waals surface area contributed by atoms with E-state index in [4.69, 9.17) is 14.2 Å². The lowest BCUT2D eigenvalue weighted by atomic mass is 9.81. The number of methoxy groups -OCH3 is 2. The van der Waals surface area contributed by atoms with Crippen molar-refractivity contribution < 1.29 is 19.0 Å². The third-order valence-electron chi connectivity index (χ3n) is 3.83. The molecule has 4 nitrogen and oxygen atoms in total. The molecule has 0 amide bonds. The van der Waals surface area contributed by atoms with E-state index in [1.54, 1.807) is 7.11 Å². The van der Waals surface area contributed by atoms with E-state index in [2.05, 4.69) is 6.92 Å². The Balaban J connectivity index is 2.84. The first-order chi connectivity index (χ1) is 8.02. The van der Waals surface area contributed by atoms with Crippen LogP contribution in [0.2, 0.25) is 0 Å². The zero-order chi connectivity index (χ0) is 13.1. The van der Waals surface area contributed by atoms with Crippen LogP contribution in [-0.4, -0.2) is 32.1 Å². The smallest absolute Gasteiger partial charge is 0.311 e. The fourth-order valence-corrected chi connectivity index (χ4v) is 2.82. The molecule has 0 N–H and O–H groups in total. The Bertz CT molecular complexity index is 252. The zero-order valence-electron chi connectivity index (χ0n) is 11.5. The van der Waals surface area contributed by atoms with Gasteiger partial charge >= 0.3 is 5.97 Å². The minimum atomic E-state index is -0.469. The maximum Gasteiger partial charge on any atom is 0.311 e. The van der Waals surface area contributed by atoms with Gasteiger partial charge in [-0.25, -0.2) is 0 Å².